The van der Waals surface area contributed by atoms with Gasteiger partial charge in [0.15, 0.2) is 0 Å². The number of piperidine rings is 1. The maximum absolute atomic E-state index is 15.1. The van der Waals surface area contributed by atoms with Crippen LogP contribution < -0.4 is 16.0 Å². The van der Waals surface area contributed by atoms with E-state index in [4.69, 9.17) is 0 Å². The van der Waals surface area contributed by atoms with E-state index in [1.807, 2.05) is 72.8 Å². The maximum atomic E-state index is 15.1. The average molecular weight is 606 g/mol. The summed E-state index contributed by atoms with van der Waals surface area (Å²) in [4.78, 5) is 27.3. The van der Waals surface area contributed by atoms with Crippen molar-refractivity contribution in [1.82, 2.24) is 16.0 Å². The molecular formula is C39H44FN3O2. The minimum absolute atomic E-state index is 0.00410. The summed E-state index contributed by atoms with van der Waals surface area (Å²) in [7, 11) is 0. The molecule has 0 aromatic heterocycles. The zero-order chi connectivity index (χ0) is 32.2. The van der Waals surface area contributed by atoms with Gasteiger partial charge in [0.05, 0.1) is 11.8 Å². The predicted molar refractivity (Wildman–Crippen MR) is 180 cm³/mol. The summed E-state index contributed by atoms with van der Waals surface area (Å²) in [6, 6.07) is 32.3. The first kappa shape index (κ1) is 32.1. The van der Waals surface area contributed by atoms with Gasteiger partial charge in [0.25, 0.3) is 0 Å². The molecule has 1 aliphatic heterocycles. The Morgan fingerprint density at radius 3 is 1.87 bits per heavy atom. The molecule has 45 heavy (non-hydrogen) atoms. The van der Waals surface area contributed by atoms with Gasteiger partial charge >= 0.3 is 0 Å². The van der Waals surface area contributed by atoms with E-state index < -0.39 is 11.8 Å². The summed E-state index contributed by atoms with van der Waals surface area (Å²) in [6.07, 6.45) is 1.60. The van der Waals surface area contributed by atoms with E-state index in [2.05, 4.69) is 55.8 Å². The van der Waals surface area contributed by atoms with Crippen LogP contribution in [0.25, 0.3) is 22.3 Å². The van der Waals surface area contributed by atoms with Crippen LogP contribution >= 0.6 is 0 Å². The molecule has 2 amide bonds. The first-order valence-corrected chi connectivity index (χ1v) is 15.8. The van der Waals surface area contributed by atoms with Gasteiger partial charge in [0, 0.05) is 29.2 Å². The van der Waals surface area contributed by atoms with E-state index >= 15 is 4.39 Å². The van der Waals surface area contributed by atoms with Crippen LogP contribution in [0.15, 0.2) is 103 Å². The molecule has 0 bridgehead atoms. The third-order valence-electron chi connectivity index (χ3n) is 8.72. The largest absolute Gasteiger partial charge is 0.354 e. The predicted octanol–water partition coefficient (Wildman–Crippen LogP) is 7.59. The highest BCUT2D eigenvalue weighted by molar-refractivity contribution is 5.87. The van der Waals surface area contributed by atoms with Crippen molar-refractivity contribution in [2.45, 2.75) is 76.4 Å². The van der Waals surface area contributed by atoms with Crippen LogP contribution in [0.5, 0.6) is 0 Å². The first-order valence-electron chi connectivity index (χ1n) is 15.8. The molecule has 234 valence electrons. The minimum atomic E-state index is -0.598. The maximum Gasteiger partial charge on any atom is 0.229 e. The molecule has 5 nitrogen and oxygen atoms in total. The van der Waals surface area contributed by atoms with Crippen molar-refractivity contribution in [2.75, 3.05) is 6.54 Å². The Hall–Kier alpha value is -4.29. The van der Waals surface area contributed by atoms with Crippen molar-refractivity contribution in [3.05, 3.63) is 120 Å². The highest BCUT2D eigenvalue weighted by Crippen LogP contribution is 2.30. The van der Waals surface area contributed by atoms with Gasteiger partial charge in [-0.3, -0.25) is 9.59 Å². The molecule has 1 saturated heterocycles. The van der Waals surface area contributed by atoms with E-state index in [0.717, 1.165) is 35.1 Å². The van der Waals surface area contributed by atoms with Gasteiger partial charge in [-0.1, -0.05) is 97.1 Å². The lowest BCUT2D eigenvalue weighted by Crippen LogP contribution is -2.62. The number of amides is 2. The quantitative estimate of drug-likeness (QED) is 0.184. The summed E-state index contributed by atoms with van der Waals surface area (Å²) >= 11 is 0. The molecule has 5 rings (SSSR count). The lowest BCUT2D eigenvalue weighted by Gasteiger charge is -2.46. The monoisotopic (exact) mass is 605 g/mol. The van der Waals surface area contributed by atoms with Crippen molar-refractivity contribution >= 4 is 11.8 Å². The number of halogens is 1. The molecule has 1 aliphatic rings. The molecule has 0 unspecified atom stereocenters. The van der Waals surface area contributed by atoms with Crippen molar-refractivity contribution in [3.8, 4) is 22.3 Å². The van der Waals surface area contributed by atoms with Crippen LogP contribution in [0.4, 0.5) is 4.39 Å². The Bertz CT molecular complexity index is 1600. The Labute approximate surface area is 266 Å². The fourth-order valence-corrected chi connectivity index (χ4v) is 6.79. The van der Waals surface area contributed by atoms with Gasteiger partial charge in [-0.05, 0) is 81.3 Å². The standard InChI is InChI=1S/C39H44FN3O2/c1-26(31-20-21-33(35(40)22-31)29-14-10-7-11-15-29)36(44)41-25-34(30-18-16-28(17-19-30)27-12-8-6-9-13-27)37(45)42-32-23-38(2,3)43-39(4,5)24-32/h6-22,26,32,34,43H,23-25H2,1-5H3,(H,41,44)(H,42,45)/t26-,34-/m1/s1. The summed E-state index contributed by atoms with van der Waals surface area (Å²) in [5, 5.41) is 9.98. The van der Waals surface area contributed by atoms with Crippen LogP contribution in [0.3, 0.4) is 0 Å². The molecule has 3 N–H and O–H groups in total. The number of carbonyl (C=O) groups is 2. The smallest absolute Gasteiger partial charge is 0.229 e. The second-order valence-electron chi connectivity index (χ2n) is 13.6. The van der Waals surface area contributed by atoms with Crippen molar-refractivity contribution < 1.29 is 14.0 Å². The number of benzene rings is 4. The summed E-state index contributed by atoms with van der Waals surface area (Å²) in [5.41, 5.74) is 4.58. The van der Waals surface area contributed by atoms with Gasteiger partial charge < -0.3 is 16.0 Å². The second-order valence-corrected chi connectivity index (χ2v) is 13.6. The SMILES string of the molecule is C[C@@H](C(=O)NC[C@@H](C(=O)NC1CC(C)(C)NC(C)(C)C1)c1ccc(-c2ccccc2)cc1)c1ccc(-c2ccccc2)c(F)c1. The Morgan fingerprint density at radius 2 is 1.29 bits per heavy atom. The molecule has 0 aliphatic carbocycles. The van der Waals surface area contributed by atoms with E-state index in [1.54, 1.807) is 19.1 Å². The molecule has 4 aromatic rings. The van der Waals surface area contributed by atoms with Gasteiger partial charge in [-0.15, -0.1) is 0 Å². The lowest BCUT2D eigenvalue weighted by atomic mass is 9.79. The van der Waals surface area contributed by atoms with Crippen LogP contribution in [0.1, 0.15) is 70.4 Å². The molecule has 0 saturated carbocycles. The molecule has 4 aromatic carbocycles. The second kappa shape index (κ2) is 13.4. The van der Waals surface area contributed by atoms with E-state index in [1.165, 1.54) is 6.07 Å². The molecule has 0 spiro atoms. The third-order valence-corrected chi connectivity index (χ3v) is 8.72. The first-order chi connectivity index (χ1) is 21.4. The van der Waals surface area contributed by atoms with Gasteiger partial charge in [0.2, 0.25) is 11.8 Å². The number of hydrogen-bond acceptors (Lipinski definition) is 3. The van der Waals surface area contributed by atoms with Crippen molar-refractivity contribution in [3.63, 3.8) is 0 Å². The molecular weight excluding hydrogens is 561 g/mol. The molecule has 1 fully saturated rings. The van der Waals surface area contributed by atoms with Crippen LogP contribution in [-0.4, -0.2) is 35.5 Å². The normalized spacial score (nSPS) is 17.2. The van der Waals surface area contributed by atoms with E-state index in [9.17, 15) is 9.59 Å². The third kappa shape index (κ3) is 8.06. The Morgan fingerprint density at radius 1 is 0.756 bits per heavy atom. The van der Waals surface area contributed by atoms with Crippen LogP contribution in [-0.2, 0) is 9.59 Å². The summed E-state index contributed by atoms with van der Waals surface area (Å²) in [6.45, 7) is 10.5. The molecule has 2 atom stereocenters. The van der Waals surface area contributed by atoms with Gasteiger partial charge in [-0.25, -0.2) is 4.39 Å². The zero-order valence-corrected chi connectivity index (χ0v) is 26.9. The van der Waals surface area contributed by atoms with E-state index in [0.29, 0.717) is 11.1 Å². The Balaban J connectivity index is 1.33. The van der Waals surface area contributed by atoms with Crippen LogP contribution in [0, 0.1) is 5.82 Å². The van der Waals surface area contributed by atoms with Crippen molar-refractivity contribution in [2.24, 2.45) is 0 Å². The number of nitrogens with one attached hydrogen (secondary N) is 3. The zero-order valence-electron chi connectivity index (χ0n) is 26.9. The lowest BCUT2D eigenvalue weighted by molar-refractivity contribution is -0.124. The highest BCUT2D eigenvalue weighted by Gasteiger charge is 2.39. The summed E-state index contributed by atoms with van der Waals surface area (Å²) < 4.78 is 15.1. The summed E-state index contributed by atoms with van der Waals surface area (Å²) in [5.74, 6) is -1.94. The number of carbonyl (C=O) groups excluding carboxylic acids is 2. The fourth-order valence-electron chi connectivity index (χ4n) is 6.79. The minimum Gasteiger partial charge on any atom is -0.354 e. The van der Waals surface area contributed by atoms with Crippen molar-refractivity contribution in [1.29, 1.82) is 0 Å². The van der Waals surface area contributed by atoms with Gasteiger partial charge in [-0.2, -0.15) is 0 Å². The topological polar surface area (TPSA) is 70.2 Å². The molecule has 6 heteroatoms. The van der Waals surface area contributed by atoms with Crippen LogP contribution in [0.2, 0.25) is 0 Å². The molecule has 1 heterocycles. The highest BCUT2D eigenvalue weighted by atomic mass is 19.1. The van der Waals surface area contributed by atoms with Gasteiger partial charge in [0.1, 0.15) is 5.82 Å². The number of rotatable bonds is 9. The van der Waals surface area contributed by atoms with E-state index in [-0.39, 0.29) is 41.3 Å². The molecule has 0 radical (unpaired) electrons. The number of hydrogen-bond donors (Lipinski definition) is 3. The Kier molecular flexibility index (Phi) is 9.54. The fraction of sp³-hybridized carbons (Fsp3) is 0.333. The average Bonchev–Trinajstić information content (AvgIpc) is 3.00.